The van der Waals surface area contributed by atoms with E-state index in [-0.39, 0.29) is 11.3 Å². The van der Waals surface area contributed by atoms with Crippen LogP contribution in [0, 0.1) is 12.7 Å². The third kappa shape index (κ3) is 2.19. The van der Waals surface area contributed by atoms with Gasteiger partial charge in [-0.3, -0.25) is 0 Å². The van der Waals surface area contributed by atoms with Gasteiger partial charge in [0.2, 0.25) is 0 Å². The minimum absolute atomic E-state index is 0.0641. The Balaban J connectivity index is 3.57. The molecule has 0 saturated heterocycles. The predicted octanol–water partition coefficient (Wildman–Crippen LogP) is 3.46. The predicted molar refractivity (Wildman–Crippen MR) is 52.3 cm³/mol. The number of benzene rings is 1. The summed E-state index contributed by atoms with van der Waals surface area (Å²) in [6, 6.07) is 0.998. The maximum absolute atomic E-state index is 13.3. The van der Waals surface area contributed by atoms with Gasteiger partial charge in [-0.25, -0.2) is 4.39 Å². The number of aryl methyl sites for hydroxylation is 1. The van der Waals surface area contributed by atoms with Crippen molar-refractivity contribution < 1.29 is 17.6 Å². The van der Waals surface area contributed by atoms with Gasteiger partial charge in [0, 0.05) is 0 Å². The maximum atomic E-state index is 13.3. The molecule has 0 aliphatic rings. The molecule has 84 valence electrons. The zero-order valence-corrected chi connectivity index (χ0v) is 8.89. The van der Waals surface area contributed by atoms with E-state index in [0.717, 1.165) is 6.07 Å². The molecule has 0 bridgehead atoms. The molecule has 0 spiro atoms. The second-order valence-corrected chi connectivity index (χ2v) is 3.82. The van der Waals surface area contributed by atoms with Gasteiger partial charge < -0.3 is 5.73 Å². The smallest absolute Gasteiger partial charge is 0.396 e. The van der Waals surface area contributed by atoms with Crippen molar-refractivity contribution in [1.29, 1.82) is 0 Å². The van der Waals surface area contributed by atoms with Gasteiger partial charge in [0.25, 0.3) is 0 Å². The maximum Gasteiger partial charge on any atom is 0.417 e. The Kier molecular flexibility index (Phi) is 3.18. The lowest BCUT2D eigenvalue weighted by atomic mass is 10.1. The molecule has 1 aromatic rings. The molecule has 0 atom stereocenters. The molecule has 0 radical (unpaired) electrons. The minimum atomic E-state index is -4.56. The quantitative estimate of drug-likeness (QED) is 0.461. The highest BCUT2D eigenvalue weighted by molar-refractivity contribution is 7.98. The van der Waals surface area contributed by atoms with Crippen molar-refractivity contribution in [1.82, 2.24) is 0 Å². The molecular weight excluding hydrogens is 230 g/mol. The monoisotopic (exact) mass is 239 g/mol. The summed E-state index contributed by atoms with van der Waals surface area (Å²) in [5.41, 5.74) is 3.99. The van der Waals surface area contributed by atoms with Crippen LogP contribution < -0.4 is 5.73 Å². The third-order valence-corrected chi connectivity index (χ3v) is 2.73. The number of nitrogen functional groups attached to an aromatic ring is 1. The highest BCUT2D eigenvalue weighted by Crippen LogP contribution is 2.41. The summed E-state index contributed by atoms with van der Waals surface area (Å²) >= 11 is 0.702. The third-order valence-electron chi connectivity index (χ3n) is 1.93. The first-order valence-electron chi connectivity index (χ1n) is 3.98. The molecule has 1 rings (SSSR count). The molecule has 0 saturated carbocycles. The SMILES string of the molecule is CSc1c(F)c(N)cc(C)c1C(F)(F)F. The molecule has 2 N–H and O–H groups in total. The summed E-state index contributed by atoms with van der Waals surface area (Å²) in [4.78, 5) is -0.444. The van der Waals surface area contributed by atoms with Crippen LogP contribution in [0.3, 0.4) is 0 Å². The normalized spacial score (nSPS) is 11.9. The van der Waals surface area contributed by atoms with Crippen LogP contribution in [0.1, 0.15) is 11.1 Å². The second-order valence-electron chi connectivity index (χ2n) is 3.00. The van der Waals surface area contributed by atoms with Gasteiger partial charge in [-0.15, -0.1) is 11.8 Å². The van der Waals surface area contributed by atoms with E-state index < -0.39 is 22.5 Å². The van der Waals surface area contributed by atoms with Crippen LogP contribution in [0.5, 0.6) is 0 Å². The molecule has 0 fully saturated rings. The highest BCUT2D eigenvalue weighted by atomic mass is 32.2. The zero-order valence-electron chi connectivity index (χ0n) is 8.07. The Hall–Kier alpha value is -0.910. The van der Waals surface area contributed by atoms with Crippen molar-refractivity contribution in [2.45, 2.75) is 18.0 Å². The van der Waals surface area contributed by atoms with Gasteiger partial charge in [-0.1, -0.05) is 0 Å². The van der Waals surface area contributed by atoms with Crippen LogP contribution in [-0.4, -0.2) is 6.26 Å². The van der Waals surface area contributed by atoms with E-state index in [1.807, 2.05) is 0 Å². The molecule has 15 heavy (non-hydrogen) atoms. The van der Waals surface area contributed by atoms with E-state index in [4.69, 9.17) is 5.73 Å². The van der Waals surface area contributed by atoms with Crippen LogP contribution in [0.4, 0.5) is 23.2 Å². The number of nitrogens with two attached hydrogens (primary N) is 1. The van der Waals surface area contributed by atoms with E-state index >= 15 is 0 Å². The number of hydrogen-bond donors (Lipinski definition) is 1. The summed E-state index contributed by atoms with van der Waals surface area (Å²) in [5, 5.41) is 0. The molecule has 0 unspecified atom stereocenters. The van der Waals surface area contributed by atoms with Crippen LogP contribution >= 0.6 is 11.8 Å². The lowest BCUT2D eigenvalue weighted by Gasteiger charge is -2.16. The summed E-state index contributed by atoms with van der Waals surface area (Å²) in [7, 11) is 0. The fourth-order valence-corrected chi connectivity index (χ4v) is 2.11. The molecule has 6 heteroatoms. The molecule has 0 heterocycles. The number of thioether (sulfide) groups is 1. The highest BCUT2D eigenvalue weighted by Gasteiger charge is 2.37. The second kappa shape index (κ2) is 3.92. The van der Waals surface area contributed by atoms with Crippen LogP contribution in [0.2, 0.25) is 0 Å². The van der Waals surface area contributed by atoms with Crippen molar-refractivity contribution in [3.8, 4) is 0 Å². The topological polar surface area (TPSA) is 26.0 Å². The molecule has 0 aliphatic heterocycles. The lowest BCUT2D eigenvalue weighted by molar-refractivity contribution is -0.140. The Labute approximate surface area is 88.7 Å². The van der Waals surface area contributed by atoms with E-state index in [9.17, 15) is 17.6 Å². The molecule has 0 aliphatic carbocycles. The van der Waals surface area contributed by atoms with E-state index in [0.29, 0.717) is 11.8 Å². The van der Waals surface area contributed by atoms with Crippen LogP contribution in [0.15, 0.2) is 11.0 Å². The summed E-state index contributed by atoms with van der Waals surface area (Å²) < 4.78 is 51.1. The van der Waals surface area contributed by atoms with Crippen molar-refractivity contribution >= 4 is 17.4 Å². The first kappa shape index (κ1) is 12.2. The number of hydrogen-bond acceptors (Lipinski definition) is 2. The number of anilines is 1. The van der Waals surface area contributed by atoms with Gasteiger partial charge in [0.1, 0.15) is 0 Å². The Bertz CT molecular complexity index is 387. The van der Waals surface area contributed by atoms with Crippen LogP contribution in [0.25, 0.3) is 0 Å². The van der Waals surface area contributed by atoms with Crippen molar-refractivity contribution in [2.24, 2.45) is 0 Å². The number of halogens is 4. The van der Waals surface area contributed by atoms with Crippen molar-refractivity contribution in [3.05, 3.63) is 23.0 Å². The van der Waals surface area contributed by atoms with Crippen molar-refractivity contribution in [2.75, 3.05) is 12.0 Å². The van der Waals surface area contributed by atoms with Gasteiger partial charge in [0.15, 0.2) is 5.82 Å². The average Bonchev–Trinajstić information content (AvgIpc) is 2.08. The standard InChI is InChI=1S/C9H9F4NS/c1-4-3-5(14)7(10)8(15-2)6(4)9(11,12)13/h3H,14H2,1-2H3. The van der Waals surface area contributed by atoms with Crippen molar-refractivity contribution in [3.63, 3.8) is 0 Å². The Morgan fingerprint density at radius 2 is 1.87 bits per heavy atom. The first-order valence-corrected chi connectivity index (χ1v) is 5.21. The zero-order chi connectivity index (χ0) is 11.8. The molecule has 1 aromatic carbocycles. The lowest BCUT2D eigenvalue weighted by Crippen LogP contribution is -2.12. The minimum Gasteiger partial charge on any atom is -0.396 e. The van der Waals surface area contributed by atoms with Gasteiger partial charge >= 0.3 is 6.18 Å². The van der Waals surface area contributed by atoms with Gasteiger partial charge in [0.05, 0.1) is 16.1 Å². The number of alkyl halides is 3. The first-order chi connectivity index (χ1) is 6.79. The Morgan fingerprint density at radius 3 is 2.27 bits per heavy atom. The Morgan fingerprint density at radius 1 is 1.33 bits per heavy atom. The van der Waals surface area contributed by atoms with E-state index in [2.05, 4.69) is 0 Å². The molecule has 0 amide bonds. The molecular formula is C9H9F4NS. The number of rotatable bonds is 1. The van der Waals surface area contributed by atoms with E-state index in [1.54, 1.807) is 0 Å². The summed E-state index contributed by atoms with van der Waals surface area (Å²) in [5.74, 6) is -1.000. The van der Waals surface area contributed by atoms with E-state index in [1.165, 1.54) is 13.2 Å². The fraction of sp³-hybridized carbons (Fsp3) is 0.333. The summed E-state index contributed by atoms with van der Waals surface area (Å²) in [6.45, 7) is 1.26. The molecule has 1 nitrogen and oxygen atoms in total. The fourth-order valence-electron chi connectivity index (χ4n) is 1.33. The van der Waals surface area contributed by atoms with Gasteiger partial charge in [-0.2, -0.15) is 13.2 Å². The average molecular weight is 239 g/mol. The molecule has 0 aromatic heterocycles. The largest absolute Gasteiger partial charge is 0.417 e. The van der Waals surface area contributed by atoms with Crippen LogP contribution in [-0.2, 0) is 6.18 Å². The summed E-state index contributed by atoms with van der Waals surface area (Å²) in [6.07, 6.45) is -3.18. The van der Waals surface area contributed by atoms with Gasteiger partial charge in [-0.05, 0) is 24.8 Å².